The lowest BCUT2D eigenvalue weighted by molar-refractivity contribution is 0.0517. The third-order valence-corrected chi connectivity index (χ3v) is 5.68. The first kappa shape index (κ1) is 20.0. The van der Waals surface area contributed by atoms with E-state index in [0.29, 0.717) is 5.92 Å². The third kappa shape index (κ3) is 4.44. The highest BCUT2D eigenvalue weighted by Crippen LogP contribution is 2.41. The van der Waals surface area contributed by atoms with Crippen LogP contribution in [0.15, 0.2) is 0 Å². The van der Waals surface area contributed by atoms with Crippen molar-refractivity contribution in [3.05, 3.63) is 17.0 Å². The second-order valence-corrected chi connectivity index (χ2v) is 7.30. The summed E-state index contributed by atoms with van der Waals surface area (Å²) in [6.07, 6.45) is 6.84. The summed E-state index contributed by atoms with van der Waals surface area (Å²) in [7, 11) is 0. The number of aromatic nitrogens is 2. The zero-order chi connectivity index (χ0) is 14.9. The molecule has 24 heavy (non-hydrogen) atoms. The number of halogens is 2. The number of aliphatic hydroxyl groups is 1. The van der Waals surface area contributed by atoms with Crippen molar-refractivity contribution < 1.29 is 5.11 Å². The summed E-state index contributed by atoms with van der Waals surface area (Å²) < 4.78 is 0. The SMILES string of the molecule is Cl.Cl.OC(CN1CCc2[nH]nc(C3CC3)c2CC1)C1CCNCC1. The Hall–Kier alpha value is -0.330. The Balaban J connectivity index is 0.00000104. The molecular weight excluding hydrogens is 347 g/mol. The minimum absolute atomic E-state index is 0. The van der Waals surface area contributed by atoms with Gasteiger partial charge in [0.05, 0.1) is 11.8 Å². The lowest BCUT2D eigenvalue weighted by atomic mass is 9.92. The summed E-state index contributed by atoms with van der Waals surface area (Å²) in [5.41, 5.74) is 4.18. The summed E-state index contributed by atoms with van der Waals surface area (Å²) in [6, 6.07) is 0. The van der Waals surface area contributed by atoms with Crippen LogP contribution in [0, 0.1) is 5.92 Å². The number of aliphatic hydroxyl groups excluding tert-OH is 1. The number of aromatic amines is 1. The summed E-state index contributed by atoms with van der Waals surface area (Å²) in [4.78, 5) is 2.46. The van der Waals surface area contributed by atoms with Crippen molar-refractivity contribution >= 4 is 24.8 Å². The molecule has 3 aliphatic rings. The van der Waals surface area contributed by atoms with Crippen LogP contribution in [0.3, 0.4) is 0 Å². The first-order chi connectivity index (χ1) is 10.8. The monoisotopic (exact) mass is 376 g/mol. The summed E-state index contributed by atoms with van der Waals surface area (Å²) in [5, 5.41) is 21.8. The van der Waals surface area contributed by atoms with Crippen LogP contribution in [0.5, 0.6) is 0 Å². The van der Waals surface area contributed by atoms with E-state index in [4.69, 9.17) is 0 Å². The van der Waals surface area contributed by atoms with E-state index in [-0.39, 0.29) is 30.9 Å². The van der Waals surface area contributed by atoms with Crippen molar-refractivity contribution in [1.29, 1.82) is 0 Å². The molecule has 7 heteroatoms. The van der Waals surface area contributed by atoms with Gasteiger partial charge in [0.15, 0.2) is 0 Å². The van der Waals surface area contributed by atoms with E-state index in [2.05, 4.69) is 20.4 Å². The maximum absolute atomic E-state index is 10.5. The van der Waals surface area contributed by atoms with Gasteiger partial charge in [-0.3, -0.25) is 5.10 Å². The predicted molar refractivity (Wildman–Crippen MR) is 101 cm³/mol. The van der Waals surface area contributed by atoms with E-state index in [0.717, 1.165) is 64.3 Å². The molecule has 0 radical (unpaired) electrons. The molecule has 1 aromatic rings. The molecule has 1 saturated carbocycles. The molecule has 1 atom stereocenters. The van der Waals surface area contributed by atoms with Crippen LogP contribution in [0.4, 0.5) is 0 Å². The van der Waals surface area contributed by atoms with E-state index in [1.807, 2.05) is 0 Å². The van der Waals surface area contributed by atoms with Gasteiger partial charge in [0.2, 0.25) is 0 Å². The summed E-state index contributed by atoms with van der Waals surface area (Å²) in [5.74, 6) is 1.21. The topological polar surface area (TPSA) is 64.2 Å². The molecule has 0 aromatic carbocycles. The number of hydrogen-bond donors (Lipinski definition) is 3. The molecule has 1 aromatic heterocycles. The lowest BCUT2D eigenvalue weighted by Gasteiger charge is -2.31. The minimum Gasteiger partial charge on any atom is -0.392 e. The van der Waals surface area contributed by atoms with Gasteiger partial charge in [0, 0.05) is 37.7 Å². The van der Waals surface area contributed by atoms with Gasteiger partial charge in [-0.05, 0) is 56.7 Å². The van der Waals surface area contributed by atoms with E-state index in [1.165, 1.54) is 29.8 Å². The Morgan fingerprint density at radius 2 is 1.79 bits per heavy atom. The molecule has 3 N–H and O–H groups in total. The highest BCUT2D eigenvalue weighted by molar-refractivity contribution is 5.85. The molecule has 1 aliphatic carbocycles. The second kappa shape index (κ2) is 8.86. The smallest absolute Gasteiger partial charge is 0.0696 e. The molecule has 1 unspecified atom stereocenters. The Labute approximate surface area is 156 Å². The molecule has 2 fully saturated rings. The first-order valence-electron chi connectivity index (χ1n) is 8.98. The standard InChI is InChI=1S/C17H28N4O.2ClH/c22-16(12-3-7-18-8-4-12)11-21-9-5-14-15(6-10-21)19-20-17(14)13-1-2-13;;/h12-13,16,18,22H,1-11H2,(H,19,20);2*1H. The largest absolute Gasteiger partial charge is 0.392 e. The van der Waals surface area contributed by atoms with Gasteiger partial charge < -0.3 is 15.3 Å². The zero-order valence-electron chi connectivity index (χ0n) is 14.2. The van der Waals surface area contributed by atoms with Crippen LogP contribution in [0.2, 0.25) is 0 Å². The normalized spacial score (nSPS) is 23.5. The van der Waals surface area contributed by atoms with E-state index < -0.39 is 0 Å². The molecular formula is C17H30Cl2N4O. The molecule has 0 spiro atoms. The van der Waals surface area contributed by atoms with E-state index in [1.54, 1.807) is 0 Å². The van der Waals surface area contributed by atoms with Crippen molar-refractivity contribution in [3.63, 3.8) is 0 Å². The number of piperidine rings is 1. The number of β-amino-alcohol motifs (C(OH)–C–C–N with tert-alkyl or cyclic N) is 1. The van der Waals surface area contributed by atoms with Gasteiger partial charge in [0.1, 0.15) is 0 Å². The average Bonchev–Trinajstić information content (AvgIpc) is 3.35. The number of fused-ring (bicyclic) bond motifs is 1. The van der Waals surface area contributed by atoms with Crippen LogP contribution in [0.1, 0.15) is 48.6 Å². The number of hydrogen-bond acceptors (Lipinski definition) is 4. The number of nitrogens with zero attached hydrogens (tertiary/aromatic N) is 2. The lowest BCUT2D eigenvalue weighted by Crippen LogP contribution is -2.41. The first-order valence-corrected chi connectivity index (χ1v) is 8.98. The molecule has 3 heterocycles. The van der Waals surface area contributed by atoms with E-state index in [9.17, 15) is 5.11 Å². The van der Waals surface area contributed by atoms with Gasteiger partial charge >= 0.3 is 0 Å². The molecule has 138 valence electrons. The Kier molecular flexibility index (Phi) is 7.38. The van der Waals surface area contributed by atoms with Crippen molar-refractivity contribution in [2.45, 2.75) is 50.5 Å². The summed E-state index contributed by atoms with van der Waals surface area (Å²) >= 11 is 0. The third-order valence-electron chi connectivity index (χ3n) is 5.68. The molecule has 5 nitrogen and oxygen atoms in total. The second-order valence-electron chi connectivity index (χ2n) is 7.30. The van der Waals surface area contributed by atoms with Crippen molar-refractivity contribution in [2.24, 2.45) is 5.92 Å². The minimum atomic E-state index is -0.167. The Bertz CT molecular complexity index is 515. The molecule has 4 rings (SSSR count). The van der Waals surface area contributed by atoms with Gasteiger partial charge in [-0.25, -0.2) is 0 Å². The quantitative estimate of drug-likeness (QED) is 0.750. The zero-order valence-corrected chi connectivity index (χ0v) is 15.8. The fraction of sp³-hybridized carbons (Fsp3) is 0.824. The van der Waals surface area contributed by atoms with Crippen LogP contribution < -0.4 is 5.32 Å². The number of nitrogens with one attached hydrogen (secondary N) is 2. The molecule has 0 bridgehead atoms. The van der Waals surface area contributed by atoms with Crippen LogP contribution in [0.25, 0.3) is 0 Å². The molecule has 0 amide bonds. The van der Waals surface area contributed by atoms with Crippen LogP contribution in [-0.2, 0) is 12.8 Å². The number of H-pyrrole nitrogens is 1. The van der Waals surface area contributed by atoms with Crippen molar-refractivity contribution in [3.8, 4) is 0 Å². The Morgan fingerprint density at radius 1 is 1.08 bits per heavy atom. The van der Waals surface area contributed by atoms with Crippen molar-refractivity contribution in [1.82, 2.24) is 20.4 Å². The number of rotatable bonds is 4. The van der Waals surface area contributed by atoms with Crippen LogP contribution in [-0.4, -0.2) is 59.0 Å². The fourth-order valence-electron chi connectivity index (χ4n) is 4.07. The fourth-order valence-corrected chi connectivity index (χ4v) is 4.07. The van der Waals surface area contributed by atoms with Gasteiger partial charge in [-0.15, -0.1) is 24.8 Å². The maximum atomic E-state index is 10.5. The average molecular weight is 377 g/mol. The van der Waals surface area contributed by atoms with Crippen LogP contribution >= 0.6 is 24.8 Å². The predicted octanol–water partition coefficient (Wildman–Crippen LogP) is 1.89. The highest BCUT2D eigenvalue weighted by Gasteiger charge is 2.31. The summed E-state index contributed by atoms with van der Waals surface area (Å²) in [6.45, 7) is 5.06. The van der Waals surface area contributed by atoms with E-state index >= 15 is 0 Å². The Morgan fingerprint density at radius 3 is 2.50 bits per heavy atom. The van der Waals surface area contributed by atoms with Gasteiger partial charge in [0.25, 0.3) is 0 Å². The molecule has 2 aliphatic heterocycles. The van der Waals surface area contributed by atoms with Crippen molar-refractivity contribution in [2.75, 3.05) is 32.7 Å². The van der Waals surface area contributed by atoms with Gasteiger partial charge in [-0.1, -0.05) is 0 Å². The maximum Gasteiger partial charge on any atom is 0.0696 e. The van der Waals surface area contributed by atoms with Gasteiger partial charge in [-0.2, -0.15) is 5.10 Å². The highest BCUT2D eigenvalue weighted by atomic mass is 35.5. The molecule has 1 saturated heterocycles.